The number of nitrogens with one attached hydrogen (secondary N) is 1. The van der Waals surface area contributed by atoms with Crippen LogP contribution < -0.4 is 10.9 Å². The Morgan fingerprint density at radius 3 is 2.83 bits per heavy atom. The van der Waals surface area contributed by atoms with Crippen molar-refractivity contribution in [1.82, 2.24) is 19.5 Å². The summed E-state index contributed by atoms with van der Waals surface area (Å²) in [5.74, 6) is 2.86. The minimum Gasteiger partial charge on any atom is -0.460 e. The average Bonchev–Trinajstić information content (AvgIpc) is 3.24. The summed E-state index contributed by atoms with van der Waals surface area (Å²) in [4.78, 5) is 25.4. The molecule has 0 bridgehead atoms. The molecule has 0 aromatic carbocycles. The van der Waals surface area contributed by atoms with Crippen molar-refractivity contribution in [2.75, 3.05) is 0 Å². The van der Waals surface area contributed by atoms with Crippen LogP contribution in [0.2, 0.25) is 0 Å². The van der Waals surface area contributed by atoms with Gasteiger partial charge in [0.05, 0.1) is 5.52 Å². The van der Waals surface area contributed by atoms with Crippen LogP contribution >= 0.6 is 0 Å². The zero-order valence-electron chi connectivity index (χ0n) is 18.4. The van der Waals surface area contributed by atoms with E-state index in [1.54, 1.807) is 6.07 Å². The Morgan fingerprint density at radius 2 is 2.07 bits per heavy atom. The molecule has 0 radical (unpaired) electrons. The summed E-state index contributed by atoms with van der Waals surface area (Å²) in [5.41, 5.74) is 2.01. The molecule has 1 aliphatic rings. The first-order chi connectivity index (χ1) is 14.4. The molecule has 162 valence electrons. The summed E-state index contributed by atoms with van der Waals surface area (Å²) < 4.78 is 9.09. The van der Waals surface area contributed by atoms with Crippen LogP contribution in [0.3, 0.4) is 0 Å². The molecule has 0 unspecified atom stereocenters. The normalized spacial score (nSPS) is 22.1. The fraction of sp³-hybridized carbons (Fsp3) is 0.609. The molecule has 1 N–H and O–H groups in total. The van der Waals surface area contributed by atoms with Gasteiger partial charge in [0.15, 0.2) is 5.58 Å². The molecule has 7 nitrogen and oxygen atoms in total. The van der Waals surface area contributed by atoms with Crippen molar-refractivity contribution in [1.29, 1.82) is 0 Å². The minimum atomic E-state index is -0.147. The van der Waals surface area contributed by atoms with Gasteiger partial charge in [-0.25, -0.2) is 4.68 Å². The van der Waals surface area contributed by atoms with Crippen LogP contribution in [0.15, 0.2) is 21.3 Å². The van der Waals surface area contributed by atoms with Crippen LogP contribution in [-0.2, 0) is 17.8 Å². The number of nitrogens with zero attached hydrogens (tertiary/aromatic N) is 3. The van der Waals surface area contributed by atoms with Crippen molar-refractivity contribution in [3.8, 4) is 0 Å². The van der Waals surface area contributed by atoms with Crippen molar-refractivity contribution in [3.63, 3.8) is 0 Å². The molecule has 0 spiro atoms. The smallest absolute Gasteiger partial charge is 0.291 e. The molecule has 0 saturated heterocycles. The second kappa shape index (κ2) is 8.28. The molecule has 1 aliphatic carbocycles. The van der Waals surface area contributed by atoms with Crippen LogP contribution in [0.25, 0.3) is 16.6 Å². The third kappa shape index (κ3) is 3.77. The van der Waals surface area contributed by atoms with E-state index in [0.717, 1.165) is 23.5 Å². The molecule has 1 fully saturated rings. The molecule has 30 heavy (non-hydrogen) atoms. The summed E-state index contributed by atoms with van der Waals surface area (Å²) in [6.07, 6.45) is 5.17. The largest absolute Gasteiger partial charge is 0.460 e. The predicted octanol–water partition coefficient (Wildman–Crippen LogP) is 3.83. The number of aryl methyl sites for hydroxylation is 3. The molecule has 3 atom stereocenters. The van der Waals surface area contributed by atoms with Crippen LogP contribution in [0.4, 0.5) is 0 Å². The SMILES string of the molecule is CCc1nn(CCCC(=O)N[C@@H]2CCC[C@@H](C)[C@@H]2C)c(=O)c2cc3oc(C)cc3n12. The van der Waals surface area contributed by atoms with Crippen molar-refractivity contribution in [2.24, 2.45) is 11.8 Å². The van der Waals surface area contributed by atoms with Gasteiger partial charge in [-0.2, -0.15) is 5.10 Å². The predicted molar refractivity (Wildman–Crippen MR) is 117 cm³/mol. The van der Waals surface area contributed by atoms with Gasteiger partial charge in [-0.1, -0.05) is 33.6 Å². The van der Waals surface area contributed by atoms with Gasteiger partial charge in [0, 0.05) is 37.6 Å². The van der Waals surface area contributed by atoms with E-state index >= 15 is 0 Å². The highest BCUT2D eigenvalue weighted by molar-refractivity contribution is 5.83. The van der Waals surface area contributed by atoms with Gasteiger partial charge in [0.2, 0.25) is 5.91 Å². The van der Waals surface area contributed by atoms with E-state index in [9.17, 15) is 9.59 Å². The third-order valence-corrected chi connectivity index (χ3v) is 6.70. The van der Waals surface area contributed by atoms with E-state index in [1.807, 2.05) is 24.3 Å². The molecule has 1 amide bonds. The highest BCUT2D eigenvalue weighted by Crippen LogP contribution is 2.29. The highest BCUT2D eigenvalue weighted by Gasteiger charge is 2.28. The number of aromatic nitrogens is 3. The Labute approximate surface area is 176 Å². The summed E-state index contributed by atoms with van der Waals surface area (Å²) in [6.45, 7) is 8.84. The topological polar surface area (TPSA) is 81.5 Å². The zero-order chi connectivity index (χ0) is 21.4. The Hall–Kier alpha value is -2.57. The van der Waals surface area contributed by atoms with Crippen molar-refractivity contribution >= 4 is 22.5 Å². The zero-order valence-corrected chi connectivity index (χ0v) is 18.4. The molecule has 4 rings (SSSR count). The van der Waals surface area contributed by atoms with E-state index in [-0.39, 0.29) is 17.5 Å². The molecule has 7 heteroatoms. The number of hydrogen-bond acceptors (Lipinski definition) is 4. The maximum Gasteiger partial charge on any atom is 0.291 e. The Morgan fingerprint density at radius 1 is 1.27 bits per heavy atom. The van der Waals surface area contributed by atoms with E-state index < -0.39 is 0 Å². The average molecular weight is 413 g/mol. The van der Waals surface area contributed by atoms with E-state index in [0.29, 0.717) is 48.7 Å². The number of rotatable bonds is 6. The number of amides is 1. The van der Waals surface area contributed by atoms with Crippen molar-refractivity contribution < 1.29 is 9.21 Å². The number of hydrogen-bond donors (Lipinski definition) is 1. The van der Waals surface area contributed by atoms with E-state index in [4.69, 9.17) is 4.42 Å². The maximum absolute atomic E-state index is 13.0. The van der Waals surface area contributed by atoms with Gasteiger partial charge in [-0.05, 0) is 31.6 Å². The lowest BCUT2D eigenvalue weighted by molar-refractivity contribution is -0.122. The lowest BCUT2D eigenvalue weighted by Gasteiger charge is -2.34. The maximum atomic E-state index is 13.0. The molecular weight excluding hydrogens is 380 g/mol. The van der Waals surface area contributed by atoms with Gasteiger partial charge in [0.1, 0.15) is 17.1 Å². The second-order valence-corrected chi connectivity index (χ2v) is 8.81. The van der Waals surface area contributed by atoms with Crippen LogP contribution in [0.1, 0.15) is 64.5 Å². The van der Waals surface area contributed by atoms with E-state index in [1.165, 1.54) is 17.5 Å². The van der Waals surface area contributed by atoms with Crippen LogP contribution in [0.5, 0.6) is 0 Å². The Bertz CT molecular complexity index is 1120. The molecule has 3 aromatic heterocycles. The fourth-order valence-corrected chi connectivity index (χ4v) is 4.75. The minimum absolute atomic E-state index is 0.0708. The van der Waals surface area contributed by atoms with Crippen molar-refractivity contribution in [3.05, 3.63) is 34.1 Å². The first-order valence-electron chi connectivity index (χ1n) is 11.2. The summed E-state index contributed by atoms with van der Waals surface area (Å²) in [7, 11) is 0. The first kappa shape index (κ1) is 20.7. The number of carbonyl (C=O) groups excluding carboxylic acids is 1. The van der Waals surface area contributed by atoms with Crippen LogP contribution in [-0.4, -0.2) is 26.1 Å². The number of carbonyl (C=O) groups is 1. The van der Waals surface area contributed by atoms with Gasteiger partial charge in [-0.3, -0.25) is 14.0 Å². The third-order valence-electron chi connectivity index (χ3n) is 6.70. The number of fused-ring (bicyclic) bond motifs is 3. The summed E-state index contributed by atoms with van der Waals surface area (Å²) in [6, 6.07) is 4.00. The molecule has 0 aliphatic heterocycles. The standard InChI is InChI=1S/C23H32N4O3/c1-5-21-25-26(23(29)19-13-20-18(27(19)21)12-15(3)30-20)11-7-10-22(28)24-17-9-6-8-14(2)16(17)4/h12-14,16-17H,5-11H2,1-4H3,(H,24,28)/t14-,16+,17-/m1/s1. The first-order valence-corrected chi connectivity index (χ1v) is 11.2. The van der Waals surface area contributed by atoms with Gasteiger partial charge in [-0.15, -0.1) is 0 Å². The molecule has 3 heterocycles. The number of furan rings is 1. The molecule has 3 aromatic rings. The lowest BCUT2D eigenvalue weighted by Crippen LogP contribution is -2.43. The Kier molecular flexibility index (Phi) is 5.71. The second-order valence-electron chi connectivity index (χ2n) is 8.81. The van der Waals surface area contributed by atoms with Gasteiger partial charge in [0.25, 0.3) is 5.56 Å². The molecular formula is C23H32N4O3. The monoisotopic (exact) mass is 412 g/mol. The van der Waals surface area contributed by atoms with Gasteiger partial charge < -0.3 is 9.73 Å². The Balaban J connectivity index is 1.46. The fourth-order valence-electron chi connectivity index (χ4n) is 4.75. The van der Waals surface area contributed by atoms with Gasteiger partial charge >= 0.3 is 0 Å². The van der Waals surface area contributed by atoms with E-state index in [2.05, 4.69) is 24.3 Å². The quantitative estimate of drug-likeness (QED) is 0.667. The highest BCUT2D eigenvalue weighted by atomic mass is 16.3. The molecule has 1 saturated carbocycles. The summed E-state index contributed by atoms with van der Waals surface area (Å²) in [5, 5.41) is 7.79. The summed E-state index contributed by atoms with van der Waals surface area (Å²) >= 11 is 0. The lowest BCUT2D eigenvalue weighted by atomic mass is 9.78. The van der Waals surface area contributed by atoms with Crippen LogP contribution in [0, 0.1) is 18.8 Å². The van der Waals surface area contributed by atoms with Crippen molar-refractivity contribution in [2.45, 2.75) is 78.8 Å².